The molecule has 0 aromatic carbocycles. The zero-order valence-corrected chi connectivity index (χ0v) is 13.0. The molecule has 6 nitrogen and oxygen atoms in total. The summed E-state index contributed by atoms with van der Waals surface area (Å²) in [6.45, 7) is 2.48. The monoisotopic (exact) mass is 303 g/mol. The summed E-state index contributed by atoms with van der Waals surface area (Å²) in [5.41, 5.74) is 2.25. The maximum atomic E-state index is 11.9. The Labute approximate surface area is 129 Å². The number of rotatable bonds is 8. The van der Waals surface area contributed by atoms with E-state index in [0.717, 1.165) is 24.1 Å². The van der Waals surface area contributed by atoms with Gasteiger partial charge in [-0.2, -0.15) is 0 Å². The number of aromatic nitrogens is 3. The molecule has 2 aromatic heterocycles. The van der Waals surface area contributed by atoms with Gasteiger partial charge in [0.1, 0.15) is 0 Å². The summed E-state index contributed by atoms with van der Waals surface area (Å²) in [5, 5.41) is 8.21. The first kappa shape index (κ1) is 16.0. The zero-order valence-electron chi connectivity index (χ0n) is 13.0. The number of nitrogens with zero attached hydrogens (tertiary/aromatic N) is 3. The molecule has 2 aromatic rings. The molecular formula is C16H21N3O3. The molecule has 0 amide bonds. The Morgan fingerprint density at radius 2 is 2.32 bits per heavy atom. The van der Waals surface area contributed by atoms with E-state index in [4.69, 9.17) is 9.15 Å². The quantitative estimate of drug-likeness (QED) is 0.426. The molecule has 0 aliphatic carbocycles. The predicted molar refractivity (Wildman–Crippen MR) is 82.0 cm³/mol. The third-order valence-electron chi connectivity index (χ3n) is 3.29. The van der Waals surface area contributed by atoms with E-state index in [9.17, 15) is 4.79 Å². The minimum Gasteiger partial charge on any atom is -0.472 e. The summed E-state index contributed by atoms with van der Waals surface area (Å²) >= 11 is 0. The van der Waals surface area contributed by atoms with Crippen molar-refractivity contribution in [1.82, 2.24) is 15.0 Å². The highest BCUT2D eigenvalue weighted by atomic mass is 16.5. The van der Waals surface area contributed by atoms with Crippen molar-refractivity contribution in [2.24, 2.45) is 0 Å². The molecule has 0 spiro atoms. The molecule has 0 fully saturated rings. The summed E-state index contributed by atoms with van der Waals surface area (Å²) in [7, 11) is 1.36. The molecule has 2 rings (SSSR count). The second-order valence-electron chi connectivity index (χ2n) is 5.08. The molecule has 0 aliphatic rings. The van der Waals surface area contributed by atoms with Crippen molar-refractivity contribution in [3.05, 3.63) is 41.6 Å². The van der Waals surface area contributed by atoms with Gasteiger partial charge in [-0.3, -0.25) is 0 Å². The van der Waals surface area contributed by atoms with Gasteiger partial charge >= 0.3 is 5.97 Å². The Bertz CT molecular complexity index is 614. The minimum atomic E-state index is -0.385. The fourth-order valence-electron chi connectivity index (χ4n) is 2.12. The van der Waals surface area contributed by atoms with Gasteiger partial charge < -0.3 is 9.15 Å². The summed E-state index contributed by atoms with van der Waals surface area (Å²) < 4.78 is 11.5. The average Bonchev–Trinajstić information content (AvgIpc) is 3.18. The molecule has 0 radical (unpaired) electrons. The van der Waals surface area contributed by atoms with Crippen LogP contribution in [0.1, 0.15) is 37.4 Å². The molecule has 2 heterocycles. The Morgan fingerprint density at radius 1 is 1.45 bits per heavy atom. The molecule has 0 bridgehead atoms. The molecule has 0 saturated carbocycles. The predicted octanol–water partition coefficient (Wildman–Crippen LogP) is 2.86. The highest BCUT2D eigenvalue weighted by Gasteiger charge is 2.12. The summed E-state index contributed by atoms with van der Waals surface area (Å²) in [4.78, 5) is 11.9. The van der Waals surface area contributed by atoms with Crippen molar-refractivity contribution >= 4 is 12.0 Å². The lowest BCUT2D eigenvalue weighted by atomic mass is 10.1. The SMILES string of the molecule is CCCCCc1cn(C/C(=C\c2ccoc2)C(=O)OC)nn1. The van der Waals surface area contributed by atoms with E-state index in [2.05, 4.69) is 17.2 Å². The lowest BCUT2D eigenvalue weighted by Gasteiger charge is -2.04. The van der Waals surface area contributed by atoms with E-state index < -0.39 is 0 Å². The molecule has 0 unspecified atom stereocenters. The number of carbonyl (C=O) groups excluding carboxylic acids is 1. The molecule has 0 saturated heterocycles. The Balaban J connectivity index is 2.06. The first-order valence-electron chi connectivity index (χ1n) is 7.43. The molecule has 118 valence electrons. The minimum absolute atomic E-state index is 0.318. The van der Waals surface area contributed by atoms with Gasteiger partial charge in [-0.15, -0.1) is 5.10 Å². The normalized spacial score (nSPS) is 11.6. The summed E-state index contributed by atoms with van der Waals surface area (Å²) in [6, 6.07) is 1.78. The first-order valence-corrected chi connectivity index (χ1v) is 7.43. The van der Waals surface area contributed by atoms with Crippen LogP contribution in [0, 0.1) is 0 Å². The largest absolute Gasteiger partial charge is 0.472 e. The summed E-state index contributed by atoms with van der Waals surface area (Å²) in [5.74, 6) is -0.385. The van der Waals surface area contributed by atoms with Crippen LogP contribution in [0.3, 0.4) is 0 Å². The lowest BCUT2D eigenvalue weighted by molar-refractivity contribution is -0.136. The maximum absolute atomic E-state index is 11.9. The average molecular weight is 303 g/mol. The maximum Gasteiger partial charge on any atom is 0.335 e. The topological polar surface area (TPSA) is 70.2 Å². The third kappa shape index (κ3) is 4.58. The second-order valence-corrected chi connectivity index (χ2v) is 5.08. The lowest BCUT2D eigenvalue weighted by Crippen LogP contribution is -2.12. The van der Waals surface area contributed by atoms with E-state index >= 15 is 0 Å². The van der Waals surface area contributed by atoms with Crippen molar-refractivity contribution in [2.45, 2.75) is 39.2 Å². The van der Waals surface area contributed by atoms with Crippen molar-refractivity contribution < 1.29 is 13.9 Å². The van der Waals surface area contributed by atoms with Crippen LogP contribution in [0.25, 0.3) is 6.08 Å². The zero-order chi connectivity index (χ0) is 15.8. The van der Waals surface area contributed by atoms with Crippen LogP contribution in [0.4, 0.5) is 0 Å². The molecule has 0 N–H and O–H groups in total. The molecule has 6 heteroatoms. The number of furan rings is 1. The standard InChI is InChI=1S/C16H21N3O3/c1-3-4-5-6-15-11-19(18-17-15)10-14(16(20)21-2)9-13-7-8-22-12-13/h7-9,11-12H,3-6,10H2,1-2H3/b14-9+. The van der Waals surface area contributed by atoms with Crippen molar-refractivity contribution in [1.29, 1.82) is 0 Å². The number of aryl methyl sites for hydroxylation is 1. The van der Waals surface area contributed by atoms with Crippen LogP contribution < -0.4 is 0 Å². The van der Waals surface area contributed by atoms with E-state index in [0.29, 0.717) is 12.1 Å². The number of hydrogen-bond donors (Lipinski definition) is 0. The van der Waals surface area contributed by atoms with E-state index in [-0.39, 0.29) is 5.97 Å². The van der Waals surface area contributed by atoms with Crippen LogP contribution >= 0.6 is 0 Å². The highest BCUT2D eigenvalue weighted by molar-refractivity contribution is 5.93. The van der Waals surface area contributed by atoms with Crippen LogP contribution in [-0.2, 0) is 22.5 Å². The number of esters is 1. The smallest absolute Gasteiger partial charge is 0.335 e. The van der Waals surface area contributed by atoms with Crippen molar-refractivity contribution in [3.63, 3.8) is 0 Å². The van der Waals surface area contributed by atoms with Crippen molar-refractivity contribution in [2.75, 3.05) is 7.11 Å². The van der Waals surface area contributed by atoms with Gasteiger partial charge in [0.25, 0.3) is 0 Å². The molecule has 0 atom stereocenters. The number of unbranched alkanes of at least 4 members (excludes halogenated alkanes) is 2. The number of methoxy groups -OCH3 is 1. The summed E-state index contributed by atoms with van der Waals surface area (Å²) in [6.07, 6.45) is 11.1. The van der Waals surface area contributed by atoms with Gasteiger partial charge in [0.05, 0.1) is 37.4 Å². The fraction of sp³-hybridized carbons (Fsp3) is 0.438. The number of ether oxygens (including phenoxy) is 1. The van der Waals surface area contributed by atoms with Gasteiger partial charge in [-0.1, -0.05) is 25.0 Å². The van der Waals surface area contributed by atoms with Crippen LogP contribution in [0.15, 0.2) is 34.8 Å². The molecule has 22 heavy (non-hydrogen) atoms. The van der Waals surface area contributed by atoms with Crippen LogP contribution in [0.5, 0.6) is 0 Å². The Kier molecular flexibility index (Phi) is 5.94. The van der Waals surface area contributed by atoms with Gasteiger partial charge in [0.15, 0.2) is 0 Å². The van der Waals surface area contributed by atoms with Gasteiger partial charge in [0.2, 0.25) is 0 Å². The fourth-order valence-corrected chi connectivity index (χ4v) is 2.12. The number of hydrogen-bond acceptors (Lipinski definition) is 5. The molecular weight excluding hydrogens is 282 g/mol. The van der Waals surface area contributed by atoms with Crippen LogP contribution in [-0.4, -0.2) is 28.1 Å². The Hall–Kier alpha value is -2.37. The first-order chi connectivity index (χ1) is 10.7. The van der Waals surface area contributed by atoms with Gasteiger partial charge in [-0.05, 0) is 25.0 Å². The van der Waals surface area contributed by atoms with Gasteiger partial charge in [0, 0.05) is 11.8 Å². The second kappa shape index (κ2) is 8.17. The molecule has 0 aliphatic heterocycles. The number of carbonyl (C=O) groups is 1. The third-order valence-corrected chi connectivity index (χ3v) is 3.29. The van der Waals surface area contributed by atoms with E-state index in [1.807, 2.05) is 6.20 Å². The van der Waals surface area contributed by atoms with Crippen LogP contribution in [0.2, 0.25) is 0 Å². The highest BCUT2D eigenvalue weighted by Crippen LogP contribution is 2.11. The Morgan fingerprint density at radius 3 is 3.00 bits per heavy atom. The van der Waals surface area contributed by atoms with Crippen molar-refractivity contribution in [3.8, 4) is 0 Å². The van der Waals surface area contributed by atoms with E-state index in [1.54, 1.807) is 29.4 Å². The van der Waals surface area contributed by atoms with E-state index in [1.165, 1.54) is 20.0 Å². The van der Waals surface area contributed by atoms with Gasteiger partial charge in [-0.25, -0.2) is 9.48 Å².